The summed E-state index contributed by atoms with van der Waals surface area (Å²) in [5, 5.41) is 4.21. The number of hydrogen-bond acceptors (Lipinski definition) is 2. The zero-order chi connectivity index (χ0) is 11.1. The van der Waals surface area contributed by atoms with Gasteiger partial charge in [0, 0.05) is 18.1 Å². The minimum atomic E-state index is 0.757. The summed E-state index contributed by atoms with van der Waals surface area (Å²) in [6, 6.07) is 0. The topological polar surface area (TPSA) is 15.3 Å². The first-order valence-electron chi connectivity index (χ1n) is 5.98. The zero-order valence-corrected chi connectivity index (χ0v) is 10.5. The van der Waals surface area contributed by atoms with Gasteiger partial charge in [0.1, 0.15) is 0 Å². The maximum absolute atomic E-state index is 5.87. The van der Waals surface area contributed by atoms with Crippen LogP contribution in [0, 0.1) is 5.92 Å². The molecule has 1 aliphatic rings. The molecule has 0 radical (unpaired) electrons. The van der Waals surface area contributed by atoms with Gasteiger partial charge in [0.05, 0.1) is 0 Å². The summed E-state index contributed by atoms with van der Waals surface area (Å²) in [6.45, 7) is 11.5. The van der Waals surface area contributed by atoms with Crippen molar-refractivity contribution in [3.8, 4) is 0 Å². The third kappa shape index (κ3) is 5.55. The summed E-state index contributed by atoms with van der Waals surface area (Å²) < 4.78 is 0. The Morgan fingerprint density at radius 1 is 1.60 bits per heavy atom. The lowest BCUT2D eigenvalue weighted by molar-refractivity contribution is 0.224. The highest BCUT2D eigenvalue weighted by Gasteiger charge is 2.16. The Balaban J connectivity index is 2.31. The maximum Gasteiger partial charge on any atom is 0.0335 e. The van der Waals surface area contributed by atoms with Crippen molar-refractivity contribution < 1.29 is 0 Å². The standard InChI is InChI=1S/C12H23ClN2/c1-3-7-15(9-11(2)13)10-12-5-4-6-14-8-12/h12,14H,2-10H2,1H3. The smallest absolute Gasteiger partial charge is 0.0335 e. The van der Waals surface area contributed by atoms with Gasteiger partial charge in [0.15, 0.2) is 0 Å². The van der Waals surface area contributed by atoms with E-state index in [-0.39, 0.29) is 0 Å². The van der Waals surface area contributed by atoms with E-state index in [9.17, 15) is 0 Å². The van der Waals surface area contributed by atoms with Crippen LogP contribution in [-0.4, -0.2) is 37.6 Å². The molecule has 1 atom stereocenters. The lowest BCUT2D eigenvalue weighted by atomic mass is 9.99. The van der Waals surface area contributed by atoms with E-state index >= 15 is 0 Å². The van der Waals surface area contributed by atoms with Crippen molar-refractivity contribution in [1.82, 2.24) is 10.2 Å². The summed E-state index contributed by atoms with van der Waals surface area (Å²) in [6.07, 6.45) is 3.85. The molecule has 3 heteroatoms. The van der Waals surface area contributed by atoms with Crippen molar-refractivity contribution in [3.05, 3.63) is 11.6 Å². The molecular weight excluding hydrogens is 208 g/mol. The number of rotatable bonds is 6. The van der Waals surface area contributed by atoms with Gasteiger partial charge < -0.3 is 5.32 Å². The second kappa shape index (κ2) is 7.26. The molecule has 88 valence electrons. The van der Waals surface area contributed by atoms with Gasteiger partial charge in [-0.1, -0.05) is 25.1 Å². The number of nitrogens with zero attached hydrogens (tertiary/aromatic N) is 1. The van der Waals surface area contributed by atoms with Crippen molar-refractivity contribution in [2.24, 2.45) is 5.92 Å². The van der Waals surface area contributed by atoms with E-state index in [1.54, 1.807) is 0 Å². The summed E-state index contributed by atoms with van der Waals surface area (Å²) in [5.74, 6) is 0.793. The SMILES string of the molecule is C=C(Cl)CN(CCC)CC1CCCNC1. The molecule has 1 fully saturated rings. The number of hydrogen-bond donors (Lipinski definition) is 1. The molecule has 0 spiro atoms. The fraction of sp³-hybridized carbons (Fsp3) is 0.833. The molecular formula is C12H23ClN2. The highest BCUT2D eigenvalue weighted by atomic mass is 35.5. The van der Waals surface area contributed by atoms with Gasteiger partial charge in [-0.3, -0.25) is 4.90 Å². The summed E-state index contributed by atoms with van der Waals surface area (Å²) in [5.41, 5.74) is 0. The minimum absolute atomic E-state index is 0.757. The molecule has 1 saturated heterocycles. The monoisotopic (exact) mass is 230 g/mol. The molecule has 0 bridgehead atoms. The number of nitrogens with one attached hydrogen (secondary N) is 1. The predicted octanol–water partition coefficient (Wildman–Crippen LogP) is 2.45. The lowest BCUT2D eigenvalue weighted by Gasteiger charge is -2.29. The molecule has 1 heterocycles. The third-order valence-electron chi connectivity index (χ3n) is 2.85. The molecule has 1 N–H and O–H groups in total. The highest BCUT2D eigenvalue weighted by molar-refractivity contribution is 6.29. The fourth-order valence-corrected chi connectivity index (χ4v) is 2.41. The van der Waals surface area contributed by atoms with Gasteiger partial charge in [-0.15, -0.1) is 0 Å². The molecule has 1 unspecified atom stereocenters. The van der Waals surface area contributed by atoms with Gasteiger partial charge in [-0.25, -0.2) is 0 Å². The molecule has 1 rings (SSSR count). The first kappa shape index (κ1) is 13.0. The van der Waals surface area contributed by atoms with Crippen molar-refractivity contribution in [2.45, 2.75) is 26.2 Å². The molecule has 0 amide bonds. The van der Waals surface area contributed by atoms with E-state index in [4.69, 9.17) is 11.6 Å². The van der Waals surface area contributed by atoms with Crippen LogP contribution < -0.4 is 5.32 Å². The van der Waals surface area contributed by atoms with Gasteiger partial charge >= 0.3 is 0 Å². The van der Waals surface area contributed by atoms with E-state index in [0.717, 1.165) is 37.1 Å². The predicted molar refractivity (Wildman–Crippen MR) is 67.3 cm³/mol. The van der Waals surface area contributed by atoms with Gasteiger partial charge in [-0.2, -0.15) is 0 Å². The Bertz CT molecular complexity index is 188. The Morgan fingerprint density at radius 3 is 2.93 bits per heavy atom. The van der Waals surface area contributed by atoms with E-state index < -0.39 is 0 Å². The average molecular weight is 231 g/mol. The molecule has 1 aliphatic heterocycles. The lowest BCUT2D eigenvalue weighted by Crippen LogP contribution is -2.39. The van der Waals surface area contributed by atoms with Gasteiger partial charge in [0.25, 0.3) is 0 Å². The van der Waals surface area contributed by atoms with E-state index in [1.807, 2.05) is 0 Å². The van der Waals surface area contributed by atoms with E-state index in [1.165, 1.54) is 25.8 Å². The van der Waals surface area contributed by atoms with Crippen LogP contribution in [0.5, 0.6) is 0 Å². The molecule has 0 aliphatic carbocycles. The Labute approximate surface area is 98.7 Å². The van der Waals surface area contributed by atoms with E-state index in [0.29, 0.717) is 0 Å². The number of piperidine rings is 1. The second-order valence-corrected chi connectivity index (χ2v) is 5.00. The first-order valence-corrected chi connectivity index (χ1v) is 6.36. The molecule has 0 aromatic carbocycles. The largest absolute Gasteiger partial charge is 0.316 e. The van der Waals surface area contributed by atoms with Crippen LogP contribution in [0.3, 0.4) is 0 Å². The van der Waals surface area contributed by atoms with Crippen LogP contribution >= 0.6 is 11.6 Å². The Hall–Kier alpha value is -0.0500. The second-order valence-electron chi connectivity index (χ2n) is 4.46. The molecule has 0 aromatic heterocycles. The molecule has 15 heavy (non-hydrogen) atoms. The molecule has 0 aromatic rings. The van der Waals surface area contributed by atoms with Crippen LogP contribution in [0.1, 0.15) is 26.2 Å². The van der Waals surface area contributed by atoms with Crippen molar-refractivity contribution in [2.75, 3.05) is 32.7 Å². The Kier molecular flexibility index (Phi) is 6.30. The Morgan fingerprint density at radius 2 is 2.40 bits per heavy atom. The van der Waals surface area contributed by atoms with Crippen LogP contribution in [0.25, 0.3) is 0 Å². The van der Waals surface area contributed by atoms with Gasteiger partial charge in [0.2, 0.25) is 0 Å². The van der Waals surface area contributed by atoms with Crippen molar-refractivity contribution in [1.29, 1.82) is 0 Å². The summed E-state index contributed by atoms with van der Waals surface area (Å²) in [7, 11) is 0. The summed E-state index contributed by atoms with van der Waals surface area (Å²) in [4.78, 5) is 2.42. The van der Waals surface area contributed by atoms with Crippen LogP contribution in [-0.2, 0) is 0 Å². The first-order chi connectivity index (χ1) is 7.22. The fourth-order valence-electron chi connectivity index (χ4n) is 2.24. The summed E-state index contributed by atoms with van der Waals surface area (Å²) >= 11 is 5.87. The van der Waals surface area contributed by atoms with Crippen LogP contribution in [0.4, 0.5) is 0 Å². The number of halogens is 1. The molecule has 2 nitrogen and oxygen atoms in total. The maximum atomic E-state index is 5.87. The molecule has 0 saturated carbocycles. The van der Waals surface area contributed by atoms with Crippen molar-refractivity contribution in [3.63, 3.8) is 0 Å². The quantitative estimate of drug-likeness (QED) is 0.754. The highest BCUT2D eigenvalue weighted by Crippen LogP contribution is 2.13. The zero-order valence-electron chi connectivity index (χ0n) is 9.77. The third-order valence-corrected chi connectivity index (χ3v) is 2.97. The van der Waals surface area contributed by atoms with Gasteiger partial charge in [-0.05, 0) is 44.8 Å². The average Bonchev–Trinajstić information content (AvgIpc) is 2.18. The minimum Gasteiger partial charge on any atom is -0.316 e. The normalized spacial score (nSPS) is 21.9. The van der Waals surface area contributed by atoms with Crippen LogP contribution in [0.15, 0.2) is 11.6 Å². The van der Waals surface area contributed by atoms with E-state index in [2.05, 4.69) is 23.7 Å². The van der Waals surface area contributed by atoms with Crippen LogP contribution in [0.2, 0.25) is 0 Å². The van der Waals surface area contributed by atoms with Crippen molar-refractivity contribution >= 4 is 11.6 Å².